The minimum atomic E-state index is -0.174. The van der Waals surface area contributed by atoms with Gasteiger partial charge in [0.15, 0.2) is 0 Å². The average molecular weight is 401 g/mol. The van der Waals surface area contributed by atoms with Gasteiger partial charge in [0.1, 0.15) is 12.1 Å². The third kappa shape index (κ3) is 4.57. The highest BCUT2D eigenvalue weighted by atomic mass is 16.3. The first-order valence-electron chi connectivity index (χ1n) is 9.66. The zero-order chi connectivity index (χ0) is 20.9. The Morgan fingerprint density at radius 2 is 1.83 bits per heavy atom. The monoisotopic (exact) mass is 401 g/mol. The Morgan fingerprint density at radius 3 is 2.57 bits per heavy atom. The van der Waals surface area contributed by atoms with Gasteiger partial charge in [-0.15, -0.1) is 0 Å². The van der Waals surface area contributed by atoms with Crippen molar-refractivity contribution < 1.29 is 9.21 Å². The van der Waals surface area contributed by atoms with Gasteiger partial charge >= 0.3 is 0 Å². The fraction of sp³-hybridized carbons (Fsp3) is 0.174. The van der Waals surface area contributed by atoms with Crippen molar-refractivity contribution in [2.75, 3.05) is 24.3 Å². The number of nitrogens with one attached hydrogen (secondary N) is 1. The van der Waals surface area contributed by atoms with Gasteiger partial charge < -0.3 is 14.6 Å². The van der Waals surface area contributed by atoms with Crippen LogP contribution in [0.4, 0.5) is 11.5 Å². The number of anilines is 2. The molecule has 4 rings (SSSR count). The maximum Gasteiger partial charge on any atom is 0.231 e. The molecule has 0 radical (unpaired) electrons. The Kier molecular flexibility index (Phi) is 5.61. The normalized spacial score (nSPS) is 10.7. The van der Waals surface area contributed by atoms with Crippen LogP contribution in [-0.2, 0) is 17.8 Å². The molecule has 2 heterocycles. The van der Waals surface area contributed by atoms with Crippen LogP contribution in [0, 0.1) is 0 Å². The highest BCUT2D eigenvalue weighted by molar-refractivity contribution is 5.91. The number of carbonyl (C=O) groups is 1. The predicted molar refractivity (Wildman–Crippen MR) is 116 cm³/mol. The zero-order valence-corrected chi connectivity index (χ0v) is 16.9. The molecule has 4 aromatic rings. The van der Waals surface area contributed by atoms with Crippen molar-refractivity contribution in [3.8, 4) is 11.5 Å². The third-order valence-corrected chi connectivity index (χ3v) is 4.68. The molecule has 2 aromatic carbocycles. The SMILES string of the molecule is CN(C)c1ccc(Cn2nccc2NC(=O)Cc2coc(-c3ccccc3)n2)cc1. The molecule has 0 unspecified atom stereocenters. The molecule has 0 aliphatic carbocycles. The van der Waals surface area contributed by atoms with Crippen molar-refractivity contribution in [1.29, 1.82) is 0 Å². The van der Waals surface area contributed by atoms with Crippen LogP contribution in [0.5, 0.6) is 0 Å². The first-order chi connectivity index (χ1) is 14.6. The molecule has 2 aromatic heterocycles. The van der Waals surface area contributed by atoms with E-state index in [1.807, 2.05) is 44.4 Å². The van der Waals surface area contributed by atoms with Gasteiger partial charge in [-0.05, 0) is 29.8 Å². The van der Waals surface area contributed by atoms with Gasteiger partial charge in [-0.3, -0.25) is 4.79 Å². The van der Waals surface area contributed by atoms with Gasteiger partial charge in [-0.1, -0.05) is 30.3 Å². The molecule has 7 nitrogen and oxygen atoms in total. The highest BCUT2D eigenvalue weighted by Crippen LogP contribution is 2.19. The zero-order valence-electron chi connectivity index (χ0n) is 16.9. The number of carbonyl (C=O) groups excluding carboxylic acids is 1. The second-order valence-corrected chi connectivity index (χ2v) is 7.17. The molecule has 0 fully saturated rings. The quantitative estimate of drug-likeness (QED) is 0.509. The van der Waals surface area contributed by atoms with E-state index in [2.05, 4.69) is 44.6 Å². The summed E-state index contributed by atoms with van der Waals surface area (Å²) in [4.78, 5) is 19.0. The Bertz CT molecular complexity index is 1110. The van der Waals surface area contributed by atoms with E-state index in [0.717, 1.165) is 16.8 Å². The summed E-state index contributed by atoms with van der Waals surface area (Å²) in [6.07, 6.45) is 3.32. The molecule has 0 aliphatic heterocycles. The van der Waals surface area contributed by atoms with E-state index in [9.17, 15) is 4.79 Å². The molecule has 0 spiro atoms. The average Bonchev–Trinajstić information content (AvgIpc) is 3.39. The summed E-state index contributed by atoms with van der Waals surface area (Å²) in [7, 11) is 4.02. The van der Waals surface area contributed by atoms with Crippen LogP contribution in [0.15, 0.2) is 77.5 Å². The van der Waals surface area contributed by atoms with E-state index in [-0.39, 0.29) is 12.3 Å². The minimum Gasteiger partial charge on any atom is -0.444 e. The molecule has 0 bridgehead atoms. The van der Waals surface area contributed by atoms with Crippen molar-refractivity contribution in [2.45, 2.75) is 13.0 Å². The van der Waals surface area contributed by atoms with E-state index < -0.39 is 0 Å². The summed E-state index contributed by atoms with van der Waals surface area (Å²) in [5.74, 6) is 0.973. The van der Waals surface area contributed by atoms with Gasteiger partial charge in [0, 0.05) is 31.4 Å². The van der Waals surface area contributed by atoms with Crippen LogP contribution in [0.1, 0.15) is 11.3 Å². The van der Waals surface area contributed by atoms with E-state index in [1.54, 1.807) is 16.9 Å². The van der Waals surface area contributed by atoms with Gasteiger partial charge in [-0.2, -0.15) is 5.10 Å². The van der Waals surface area contributed by atoms with E-state index in [1.165, 1.54) is 6.26 Å². The number of nitrogens with zero attached hydrogens (tertiary/aromatic N) is 4. The van der Waals surface area contributed by atoms with Crippen molar-refractivity contribution >= 4 is 17.4 Å². The van der Waals surface area contributed by atoms with Gasteiger partial charge in [0.2, 0.25) is 11.8 Å². The Balaban J connectivity index is 1.39. The summed E-state index contributed by atoms with van der Waals surface area (Å²) in [5, 5.41) is 7.24. The van der Waals surface area contributed by atoms with Crippen LogP contribution in [0.25, 0.3) is 11.5 Å². The fourth-order valence-electron chi connectivity index (χ4n) is 3.09. The lowest BCUT2D eigenvalue weighted by atomic mass is 10.2. The number of aromatic nitrogens is 3. The molecule has 30 heavy (non-hydrogen) atoms. The lowest BCUT2D eigenvalue weighted by molar-refractivity contribution is -0.115. The van der Waals surface area contributed by atoms with Gasteiger partial charge in [0.25, 0.3) is 0 Å². The molecule has 1 amide bonds. The summed E-state index contributed by atoms with van der Waals surface area (Å²) >= 11 is 0. The van der Waals surface area contributed by atoms with Crippen LogP contribution < -0.4 is 10.2 Å². The maximum atomic E-state index is 12.5. The number of oxazole rings is 1. The second-order valence-electron chi connectivity index (χ2n) is 7.17. The Labute approximate surface area is 175 Å². The lowest BCUT2D eigenvalue weighted by Crippen LogP contribution is -2.18. The van der Waals surface area contributed by atoms with Crippen LogP contribution in [0.3, 0.4) is 0 Å². The van der Waals surface area contributed by atoms with Crippen molar-refractivity contribution in [3.63, 3.8) is 0 Å². The molecule has 1 N–H and O–H groups in total. The highest BCUT2D eigenvalue weighted by Gasteiger charge is 2.13. The smallest absolute Gasteiger partial charge is 0.231 e. The lowest BCUT2D eigenvalue weighted by Gasteiger charge is -2.13. The van der Waals surface area contributed by atoms with Crippen molar-refractivity contribution in [2.24, 2.45) is 0 Å². The summed E-state index contributed by atoms with van der Waals surface area (Å²) in [5.41, 5.74) is 3.69. The molecular formula is C23H23N5O2. The summed E-state index contributed by atoms with van der Waals surface area (Å²) < 4.78 is 7.27. The number of benzene rings is 2. The summed E-state index contributed by atoms with van der Waals surface area (Å²) in [6.45, 7) is 0.568. The second kappa shape index (κ2) is 8.65. The largest absolute Gasteiger partial charge is 0.444 e. The summed E-state index contributed by atoms with van der Waals surface area (Å²) in [6, 6.07) is 19.6. The minimum absolute atomic E-state index is 0.124. The van der Waals surface area contributed by atoms with Crippen LogP contribution >= 0.6 is 0 Å². The molecule has 0 saturated carbocycles. The first kappa shape index (κ1) is 19.4. The van der Waals surface area contributed by atoms with Crippen LogP contribution in [0.2, 0.25) is 0 Å². The Morgan fingerprint density at radius 1 is 1.07 bits per heavy atom. The molecule has 152 valence electrons. The van der Waals surface area contributed by atoms with Gasteiger partial charge in [0.05, 0.1) is 24.9 Å². The molecule has 0 aliphatic rings. The predicted octanol–water partition coefficient (Wildman–Crippen LogP) is 3.83. The number of rotatable bonds is 7. The fourth-order valence-corrected chi connectivity index (χ4v) is 3.09. The molecule has 7 heteroatoms. The maximum absolute atomic E-state index is 12.5. The Hall–Kier alpha value is -3.87. The standard InChI is InChI=1S/C23H23N5O2/c1-27(2)20-10-8-17(9-11-20)15-28-21(12-13-24-28)26-22(29)14-19-16-30-23(25-19)18-6-4-3-5-7-18/h3-13,16H,14-15H2,1-2H3,(H,26,29). The number of amides is 1. The number of hydrogen-bond donors (Lipinski definition) is 1. The van der Waals surface area contributed by atoms with E-state index in [0.29, 0.717) is 23.9 Å². The van der Waals surface area contributed by atoms with E-state index >= 15 is 0 Å². The van der Waals surface area contributed by atoms with Crippen LogP contribution in [-0.4, -0.2) is 34.8 Å². The third-order valence-electron chi connectivity index (χ3n) is 4.68. The molecular weight excluding hydrogens is 378 g/mol. The van der Waals surface area contributed by atoms with E-state index in [4.69, 9.17) is 4.42 Å². The van der Waals surface area contributed by atoms with Crippen molar-refractivity contribution in [1.82, 2.24) is 14.8 Å². The first-order valence-corrected chi connectivity index (χ1v) is 9.66. The van der Waals surface area contributed by atoms with Gasteiger partial charge in [-0.25, -0.2) is 9.67 Å². The topological polar surface area (TPSA) is 76.2 Å². The molecule has 0 saturated heterocycles. The number of hydrogen-bond acceptors (Lipinski definition) is 5. The van der Waals surface area contributed by atoms with Crippen molar-refractivity contribution in [3.05, 3.63) is 84.4 Å². The molecule has 0 atom stereocenters.